The predicted molar refractivity (Wildman–Crippen MR) is 90.6 cm³/mol. The van der Waals surface area contributed by atoms with Gasteiger partial charge >= 0.3 is 0 Å². The van der Waals surface area contributed by atoms with E-state index in [0.29, 0.717) is 12.7 Å². The summed E-state index contributed by atoms with van der Waals surface area (Å²) in [5.41, 5.74) is 0. The fourth-order valence-corrected chi connectivity index (χ4v) is 2.73. The second-order valence-corrected chi connectivity index (χ2v) is 6.28. The van der Waals surface area contributed by atoms with Crippen molar-refractivity contribution in [1.82, 2.24) is 0 Å². The predicted octanol–water partition coefficient (Wildman–Crippen LogP) is 6.02. The molecule has 0 amide bonds. The second kappa shape index (κ2) is 17.4. The van der Waals surface area contributed by atoms with E-state index in [9.17, 15) is 9.59 Å². The van der Waals surface area contributed by atoms with E-state index in [0.717, 1.165) is 12.8 Å². The van der Waals surface area contributed by atoms with Crippen LogP contribution in [0.25, 0.3) is 0 Å². The van der Waals surface area contributed by atoms with Crippen molar-refractivity contribution in [3.8, 4) is 0 Å². The lowest BCUT2D eigenvalue weighted by Gasteiger charge is -2.03. The SMILES string of the molecule is CCCCCCCCCCCCCCCCCC(=O)C=O. The van der Waals surface area contributed by atoms with Gasteiger partial charge in [0.15, 0.2) is 12.1 Å². The fourth-order valence-electron chi connectivity index (χ4n) is 2.73. The minimum atomic E-state index is -0.246. The van der Waals surface area contributed by atoms with Gasteiger partial charge in [0.2, 0.25) is 0 Å². The molecule has 2 heteroatoms. The molecule has 0 unspecified atom stereocenters. The van der Waals surface area contributed by atoms with E-state index in [4.69, 9.17) is 0 Å². The first-order valence-corrected chi connectivity index (χ1v) is 9.29. The topological polar surface area (TPSA) is 34.1 Å². The Kier molecular flexibility index (Phi) is 16.8. The number of rotatable bonds is 17. The molecule has 0 aliphatic rings. The summed E-state index contributed by atoms with van der Waals surface area (Å²) < 4.78 is 0. The molecule has 0 radical (unpaired) electrons. The molecule has 0 spiro atoms. The maximum absolute atomic E-state index is 10.8. The minimum Gasteiger partial charge on any atom is -0.295 e. The number of carbonyl (C=O) groups excluding carboxylic acids is 2. The van der Waals surface area contributed by atoms with Gasteiger partial charge in [-0.15, -0.1) is 0 Å². The molecule has 124 valence electrons. The zero-order chi connectivity index (χ0) is 15.6. The molecular formula is C19H36O2. The van der Waals surface area contributed by atoms with Crippen molar-refractivity contribution in [3.63, 3.8) is 0 Å². The number of carbonyl (C=O) groups is 2. The van der Waals surface area contributed by atoms with Crippen molar-refractivity contribution in [1.29, 1.82) is 0 Å². The van der Waals surface area contributed by atoms with Gasteiger partial charge < -0.3 is 0 Å². The van der Waals surface area contributed by atoms with Crippen molar-refractivity contribution in [2.24, 2.45) is 0 Å². The normalized spacial score (nSPS) is 10.7. The molecule has 0 saturated carbocycles. The Morgan fingerprint density at radius 3 is 1.29 bits per heavy atom. The molecule has 0 fully saturated rings. The Balaban J connectivity index is 2.99. The summed E-state index contributed by atoms with van der Waals surface area (Å²) in [6.07, 6.45) is 20.7. The summed E-state index contributed by atoms with van der Waals surface area (Å²) in [4.78, 5) is 20.9. The van der Waals surface area contributed by atoms with E-state index in [2.05, 4.69) is 6.92 Å². The van der Waals surface area contributed by atoms with E-state index in [1.807, 2.05) is 0 Å². The molecule has 2 nitrogen and oxygen atoms in total. The van der Waals surface area contributed by atoms with Crippen LogP contribution in [0.3, 0.4) is 0 Å². The van der Waals surface area contributed by atoms with Gasteiger partial charge in [0.05, 0.1) is 0 Å². The lowest BCUT2D eigenvalue weighted by Crippen LogP contribution is -1.97. The van der Waals surface area contributed by atoms with Crippen LogP contribution in [0, 0.1) is 0 Å². The smallest absolute Gasteiger partial charge is 0.195 e. The molecular weight excluding hydrogens is 260 g/mol. The van der Waals surface area contributed by atoms with Gasteiger partial charge in [-0.2, -0.15) is 0 Å². The molecule has 0 aromatic heterocycles. The van der Waals surface area contributed by atoms with Gasteiger partial charge in [-0.05, 0) is 6.42 Å². The molecule has 0 bridgehead atoms. The van der Waals surface area contributed by atoms with Gasteiger partial charge in [0, 0.05) is 6.42 Å². The number of ketones is 1. The Morgan fingerprint density at radius 1 is 0.619 bits per heavy atom. The Bertz CT molecular complexity index is 236. The van der Waals surface area contributed by atoms with Crippen molar-refractivity contribution in [3.05, 3.63) is 0 Å². The van der Waals surface area contributed by atoms with E-state index in [-0.39, 0.29) is 5.78 Å². The van der Waals surface area contributed by atoms with Crippen LogP contribution in [0.4, 0.5) is 0 Å². The monoisotopic (exact) mass is 296 g/mol. The number of hydrogen-bond donors (Lipinski definition) is 0. The van der Waals surface area contributed by atoms with Gasteiger partial charge in [-0.25, -0.2) is 0 Å². The van der Waals surface area contributed by atoms with Crippen LogP contribution in [-0.2, 0) is 9.59 Å². The summed E-state index contributed by atoms with van der Waals surface area (Å²) in [5, 5.41) is 0. The molecule has 0 saturated heterocycles. The van der Waals surface area contributed by atoms with Crippen LogP contribution in [0.15, 0.2) is 0 Å². The molecule has 0 aromatic carbocycles. The molecule has 0 heterocycles. The molecule has 0 atom stereocenters. The van der Waals surface area contributed by atoms with Crippen molar-refractivity contribution < 1.29 is 9.59 Å². The summed E-state index contributed by atoms with van der Waals surface area (Å²) in [7, 11) is 0. The third-order valence-electron chi connectivity index (χ3n) is 4.16. The molecule has 0 aliphatic carbocycles. The zero-order valence-electron chi connectivity index (χ0n) is 14.2. The Labute approximate surface area is 132 Å². The lowest BCUT2D eigenvalue weighted by atomic mass is 10.0. The lowest BCUT2D eigenvalue weighted by molar-refractivity contribution is -0.129. The van der Waals surface area contributed by atoms with Gasteiger partial charge in [0.25, 0.3) is 0 Å². The number of aldehydes is 1. The summed E-state index contributed by atoms with van der Waals surface area (Å²) in [5.74, 6) is -0.246. The molecule has 0 aliphatic heterocycles. The highest BCUT2D eigenvalue weighted by molar-refractivity contribution is 6.24. The molecule has 0 N–H and O–H groups in total. The molecule has 21 heavy (non-hydrogen) atoms. The van der Waals surface area contributed by atoms with E-state index in [1.54, 1.807) is 0 Å². The van der Waals surface area contributed by atoms with Gasteiger partial charge in [-0.3, -0.25) is 9.59 Å². The van der Waals surface area contributed by atoms with E-state index in [1.165, 1.54) is 83.5 Å². The summed E-state index contributed by atoms with van der Waals surface area (Å²) in [6.45, 7) is 2.27. The van der Waals surface area contributed by atoms with E-state index >= 15 is 0 Å². The summed E-state index contributed by atoms with van der Waals surface area (Å²) in [6, 6.07) is 0. The van der Waals surface area contributed by atoms with Crippen molar-refractivity contribution >= 4 is 12.1 Å². The Hall–Kier alpha value is -0.660. The highest BCUT2D eigenvalue weighted by Crippen LogP contribution is 2.13. The van der Waals surface area contributed by atoms with Crippen LogP contribution in [0.2, 0.25) is 0 Å². The second-order valence-electron chi connectivity index (χ2n) is 6.28. The molecule has 0 aromatic rings. The number of unbranched alkanes of at least 4 members (excludes halogenated alkanes) is 14. The van der Waals surface area contributed by atoms with Gasteiger partial charge in [0.1, 0.15) is 0 Å². The zero-order valence-corrected chi connectivity index (χ0v) is 14.2. The highest BCUT2D eigenvalue weighted by atomic mass is 16.2. The van der Waals surface area contributed by atoms with Crippen LogP contribution < -0.4 is 0 Å². The maximum Gasteiger partial charge on any atom is 0.195 e. The van der Waals surface area contributed by atoms with Crippen LogP contribution in [0.1, 0.15) is 110 Å². The van der Waals surface area contributed by atoms with Gasteiger partial charge in [-0.1, -0.05) is 96.8 Å². The number of Topliss-reactive ketones (excluding diaryl/α,β-unsaturated/α-hetero) is 1. The first-order valence-electron chi connectivity index (χ1n) is 9.29. The third kappa shape index (κ3) is 17.3. The highest BCUT2D eigenvalue weighted by Gasteiger charge is 1.98. The largest absolute Gasteiger partial charge is 0.295 e. The van der Waals surface area contributed by atoms with Crippen molar-refractivity contribution in [2.75, 3.05) is 0 Å². The van der Waals surface area contributed by atoms with Crippen LogP contribution in [-0.4, -0.2) is 12.1 Å². The quantitative estimate of drug-likeness (QED) is 0.187. The average molecular weight is 296 g/mol. The summed E-state index contributed by atoms with van der Waals surface area (Å²) >= 11 is 0. The fraction of sp³-hybridized carbons (Fsp3) is 0.895. The third-order valence-corrected chi connectivity index (χ3v) is 4.16. The standard InChI is InChI=1S/C19H36O2/c1-2-3-4-5-6-7-8-9-10-11-12-13-14-15-16-17-19(21)18-20/h18H,2-17H2,1H3. The maximum atomic E-state index is 10.8. The minimum absolute atomic E-state index is 0.246. The van der Waals surface area contributed by atoms with Crippen molar-refractivity contribution in [2.45, 2.75) is 110 Å². The average Bonchev–Trinajstić information content (AvgIpc) is 2.50. The molecule has 0 rings (SSSR count). The number of hydrogen-bond acceptors (Lipinski definition) is 2. The first kappa shape index (κ1) is 20.3. The van der Waals surface area contributed by atoms with Crippen LogP contribution in [0.5, 0.6) is 0 Å². The first-order chi connectivity index (χ1) is 10.3. The Morgan fingerprint density at radius 2 is 0.952 bits per heavy atom. The van der Waals surface area contributed by atoms with E-state index < -0.39 is 0 Å². The van der Waals surface area contributed by atoms with Crippen LogP contribution >= 0.6 is 0 Å².